The van der Waals surface area contributed by atoms with Gasteiger partial charge < -0.3 is 22.9 Å². The van der Waals surface area contributed by atoms with E-state index in [1.165, 1.54) is 18.2 Å². The summed E-state index contributed by atoms with van der Waals surface area (Å²) in [5.74, 6) is -1.63. The Bertz CT molecular complexity index is 1740. The lowest BCUT2D eigenvalue weighted by Crippen LogP contribution is -2.13. The van der Waals surface area contributed by atoms with Crippen molar-refractivity contribution in [2.45, 2.75) is 0 Å². The van der Waals surface area contributed by atoms with Gasteiger partial charge in [-0.25, -0.2) is 0 Å². The molecule has 5 aromatic rings. The van der Waals surface area contributed by atoms with Crippen LogP contribution in [0.15, 0.2) is 109 Å². The first kappa shape index (κ1) is 27.5. The van der Waals surface area contributed by atoms with Gasteiger partial charge in [0.2, 0.25) is 0 Å². The van der Waals surface area contributed by atoms with Gasteiger partial charge in [-0.1, -0.05) is 30.3 Å². The van der Waals surface area contributed by atoms with Crippen LogP contribution in [0, 0.1) is 0 Å². The highest BCUT2D eigenvalue weighted by molar-refractivity contribution is 6.21. The van der Waals surface area contributed by atoms with Gasteiger partial charge in [0.05, 0.1) is 11.4 Å². The molecule has 0 fully saturated rings. The summed E-state index contributed by atoms with van der Waals surface area (Å²) in [5.41, 5.74) is 26.9. The van der Waals surface area contributed by atoms with E-state index in [9.17, 15) is 19.2 Å². The van der Waals surface area contributed by atoms with E-state index in [-0.39, 0.29) is 56.3 Å². The number of ketones is 4. The first-order valence-corrected chi connectivity index (χ1v) is 12.9. The molecule has 0 amide bonds. The third-order valence-corrected chi connectivity index (χ3v) is 6.92. The smallest absolute Gasteiger partial charge is 0.195 e. The molecular formula is C34H26N4O4. The fraction of sp³-hybridized carbons (Fsp3) is 0. The van der Waals surface area contributed by atoms with E-state index >= 15 is 0 Å². The summed E-state index contributed by atoms with van der Waals surface area (Å²) in [6.07, 6.45) is 0. The maximum Gasteiger partial charge on any atom is 0.195 e. The number of carbonyl (C=O) groups is 4. The van der Waals surface area contributed by atoms with E-state index in [0.717, 1.165) is 0 Å². The van der Waals surface area contributed by atoms with Crippen molar-refractivity contribution < 1.29 is 19.2 Å². The van der Waals surface area contributed by atoms with Crippen molar-refractivity contribution in [2.24, 2.45) is 0 Å². The van der Waals surface area contributed by atoms with E-state index in [1.807, 2.05) is 0 Å². The fourth-order valence-electron chi connectivity index (χ4n) is 4.62. The molecule has 42 heavy (non-hydrogen) atoms. The molecular weight excluding hydrogens is 528 g/mol. The minimum Gasteiger partial charge on any atom is -0.399 e. The molecule has 0 heterocycles. The van der Waals surface area contributed by atoms with Gasteiger partial charge in [-0.15, -0.1) is 0 Å². The predicted molar refractivity (Wildman–Crippen MR) is 164 cm³/mol. The summed E-state index contributed by atoms with van der Waals surface area (Å²) in [6.45, 7) is 0. The summed E-state index contributed by atoms with van der Waals surface area (Å²) >= 11 is 0. The molecule has 206 valence electrons. The Hall–Kier alpha value is -6.02. The van der Waals surface area contributed by atoms with E-state index in [0.29, 0.717) is 22.5 Å². The molecule has 5 aromatic carbocycles. The molecule has 0 saturated carbocycles. The van der Waals surface area contributed by atoms with Crippen molar-refractivity contribution in [3.63, 3.8) is 0 Å². The maximum absolute atomic E-state index is 13.5. The zero-order valence-electron chi connectivity index (χ0n) is 22.3. The van der Waals surface area contributed by atoms with Crippen molar-refractivity contribution in [3.8, 4) is 0 Å². The Morgan fingerprint density at radius 1 is 0.357 bits per heavy atom. The van der Waals surface area contributed by atoms with Crippen molar-refractivity contribution in [3.05, 3.63) is 154 Å². The molecule has 8 heteroatoms. The third kappa shape index (κ3) is 5.24. The normalized spacial score (nSPS) is 10.7. The van der Waals surface area contributed by atoms with Crippen LogP contribution in [-0.2, 0) is 0 Å². The molecule has 5 rings (SSSR count). The number of nitrogens with two attached hydrogens (primary N) is 4. The van der Waals surface area contributed by atoms with Crippen LogP contribution in [0.5, 0.6) is 0 Å². The van der Waals surface area contributed by atoms with Gasteiger partial charge in [0.25, 0.3) is 0 Å². The standard InChI is InChI=1S/C34H26N4O4/c35-23-14-10-19(11-15-23)31(39)25-6-2-8-27(29(25)37)33(41)21-4-1-5-22(18-21)34(42)28-9-3-7-26(30(28)38)32(40)20-12-16-24(36)17-13-20/h1-18H,35-38H2. The highest BCUT2D eigenvalue weighted by Crippen LogP contribution is 2.27. The Balaban J connectivity index is 1.45. The molecule has 0 aliphatic carbocycles. The fourth-order valence-corrected chi connectivity index (χ4v) is 4.62. The number of hydrogen-bond donors (Lipinski definition) is 4. The van der Waals surface area contributed by atoms with Gasteiger partial charge in [-0.05, 0) is 78.9 Å². The monoisotopic (exact) mass is 554 g/mol. The van der Waals surface area contributed by atoms with E-state index in [2.05, 4.69) is 0 Å². The summed E-state index contributed by atoms with van der Waals surface area (Å²) in [7, 11) is 0. The topological polar surface area (TPSA) is 172 Å². The number of anilines is 4. The van der Waals surface area contributed by atoms with E-state index in [1.54, 1.807) is 91.0 Å². The molecule has 0 saturated heterocycles. The van der Waals surface area contributed by atoms with Crippen molar-refractivity contribution in [1.29, 1.82) is 0 Å². The predicted octanol–water partition coefficient (Wildman–Crippen LogP) is 4.94. The molecule has 8 nitrogen and oxygen atoms in total. The van der Waals surface area contributed by atoms with Gasteiger partial charge in [-0.2, -0.15) is 0 Å². The zero-order valence-corrected chi connectivity index (χ0v) is 22.3. The molecule has 8 N–H and O–H groups in total. The van der Waals surface area contributed by atoms with E-state index in [4.69, 9.17) is 22.9 Å². The Kier molecular flexibility index (Phi) is 7.36. The number of carbonyl (C=O) groups excluding carboxylic acids is 4. The summed E-state index contributed by atoms with van der Waals surface area (Å²) in [4.78, 5) is 53.2. The van der Waals surface area contributed by atoms with Crippen LogP contribution in [0.2, 0.25) is 0 Å². The Labute approximate surface area is 241 Å². The third-order valence-electron chi connectivity index (χ3n) is 6.92. The average Bonchev–Trinajstić information content (AvgIpc) is 3.01. The number of rotatable bonds is 8. The highest BCUT2D eigenvalue weighted by Gasteiger charge is 2.22. The van der Waals surface area contributed by atoms with Gasteiger partial charge in [-0.3, -0.25) is 19.2 Å². The van der Waals surface area contributed by atoms with Crippen LogP contribution >= 0.6 is 0 Å². The first-order chi connectivity index (χ1) is 20.2. The molecule has 0 bridgehead atoms. The number of hydrogen-bond acceptors (Lipinski definition) is 8. The van der Waals surface area contributed by atoms with Gasteiger partial charge >= 0.3 is 0 Å². The summed E-state index contributed by atoms with van der Waals surface area (Å²) in [5, 5.41) is 0. The molecule has 0 spiro atoms. The lowest BCUT2D eigenvalue weighted by molar-refractivity contribution is 0.102. The number of para-hydroxylation sites is 2. The Morgan fingerprint density at radius 3 is 0.976 bits per heavy atom. The minimum atomic E-state index is -0.464. The first-order valence-electron chi connectivity index (χ1n) is 12.9. The largest absolute Gasteiger partial charge is 0.399 e. The van der Waals surface area contributed by atoms with E-state index < -0.39 is 11.6 Å². The highest BCUT2D eigenvalue weighted by atomic mass is 16.1. The second-order valence-corrected chi connectivity index (χ2v) is 9.67. The second kappa shape index (κ2) is 11.2. The van der Waals surface area contributed by atoms with Crippen LogP contribution in [0.3, 0.4) is 0 Å². The Morgan fingerprint density at radius 2 is 0.643 bits per heavy atom. The van der Waals surface area contributed by atoms with Crippen molar-refractivity contribution in [2.75, 3.05) is 22.9 Å². The van der Waals surface area contributed by atoms with Crippen LogP contribution in [0.4, 0.5) is 22.7 Å². The van der Waals surface area contributed by atoms with Gasteiger partial charge in [0, 0.05) is 55.9 Å². The van der Waals surface area contributed by atoms with Gasteiger partial charge in [0.1, 0.15) is 0 Å². The summed E-state index contributed by atoms with van der Waals surface area (Å²) in [6, 6.07) is 28.2. The molecule has 0 radical (unpaired) electrons. The number of benzene rings is 5. The summed E-state index contributed by atoms with van der Waals surface area (Å²) < 4.78 is 0. The maximum atomic E-state index is 13.5. The molecule has 0 aliphatic rings. The average molecular weight is 555 g/mol. The number of nitrogen functional groups attached to an aromatic ring is 4. The molecule has 0 atom stereocenters. The minimum absolute atomic E-state index is 0.0270. The SMILES string of the molecule is Nc1ccc(C(=O)c2cccc(C(=O)c3cccc(C(=O)c4cccc(C(=O)c5ccc(N)cc5)c4N)c3)c2N)cc1. The zero-order chi connectivity index (χ0) is 30.0. The van der Waals surface area contributed by atoms with Crippen LogP contribution in [0.25, 0.3) is 0 Å². The quantitative estimate of drug-likeness (QED) is 0.154. The second-order valence-electron chi connectivity index (χ2n) is 9.67. The molecule has 0 aromatic heterocycles. The lowest BCUT2D eigenvalue weighted by atomic mass is 9.92. The van der Waals surface area contributed by atoms with Crippen molar-refractivity contribution in [1.82, 2.24) is 0 Å². The molecule has 0 unspecified atom stereocenters. The van der Waals surface area contributed by atoms with Gasteiger partial charge in [0.15, 0.2) is 23.1 Å². The van der Waals surface area contributed by atoms with Crippen LogP contribution in [-0.4, -0.2) is 23.1 Å². The molecule has 0 aliphatic heterocycles. The lowest BCUT2D eigenvalue weighted by Gasteiger charge is -2.12. The van der Waals surface area contributed by atoms with Crippen LogP contribution < -0.4 is 22.9 Å². The van der Waals surface area contributed by atoms with Crippen molar-refractivity contribution >= 4 is 45.9 Å². The van der Waals surface area contributed by atoms with Crippen LogP contribution in [0.1, 0.15) is 63.7 Å².